The van der Waals surface area contributed by atoms with Crippen molar-refractivity contribution < 1.29 is 14.3 Å². The molecule has 0 saturated heterocycles. The van der Waals surface area contributed by atoms with Gasteiger partial charge in [0.05, 0.1) is 17.9 Å². The number of hydrogen-bond donors (Lipinski definition) is 0. The van der Waals surface area contributed by atoms with Gasteiger partial charge in [-0.25, -0.2) is 0 Å². The minimum atomic E-state index is -1.16. The van der Waals surface area contributed by atoms with Crippen LogP contribution >= 0.6 is 23.2 Å². The number of nitriles is 2. The number of rotatable bonds is 8. The summed E-state index contributed by atoms with van der Waals surface area (Å²) in [7, 11) is 0. The Kier molecular flexibility index (Phi) is 8.74. The molecule has 0 aliphatic carbocycles. The zero-order valence-electron chi connectivity index (χ0n) is 16.5. The highest BCUT2D eigenvalue weighted by Crippen LogP contribution is 2.30. The van der Waals surface area contributed by atoms with Crippen molar-refractivity contribution >= 4 is 29.2 Å². The van der Waals surface area contributed by atoms with Gasteiger partial charge in [0.25, 0.3) is 0 Å². The Morgan fingerprint density at radius 2 is 1.67 bits per heavy atom. The third kappa shape index (κ3) is 6.52. The van der Waals surface area contributed by atoms with E-state index in [-0.39, 0.29) is 10.4 Å². The molecule has 0 heterocycles. The second-order valence-corrected chi connectivity index (χ2v) is 7.82. The zero-order valence-corrected chi connectivity index (χ0v) is 18.0. The predicted octanol–water partition coefficient (Wildman–Crippen LogP) is 6.32. The molecule has 0 N–H and O–H groups in total. The van der Waals surface area contributed by atoms with Crippen LogP contribution in [0.3, 0.4) is 0 Å². The lowest BCUT2D eigenvalue weighted by Crippen LogP contribution is -2.30. The molecule has 0 amide bonds. The van der Waals surface area contributed by atoms with Gasteiger partial charge in [0.15, 0.2) is 0 Å². The Hall–Kier alpha value is -2.99. The van der Waals surface area contributed by atoms with Gasteiger partial charge in [0.1, 0.15) is 22.1 Å². The van der Waals surface area contributed by atoms with Crippen molar-refractivity contribution in [1.29, 1.82) is 10.5 Å². The zero-order chi connectivity index (χ0) is 22.1. The quantitative estimate of drug-likeness (QED) is 0.446. The van der Waals surface area contributed by atoms with Crippen LogP contribution < -0.4 is 4.74 Å². The molecule has 0 spiro atoms. The van der Waals surface area contributed by atoms with E-state index in [1.165, 1.54) is 6.08 Å². The second kappa shape index (κ2) is 11.3. The highest BCUT2D eigenvalue weighted by molar-refractivity contribution is 6.55. The number of allylic oxidation sites excluding steroid dienone is 1. The lowest BCUT2D eigenvalue weighted by atomic mass is 9.84. The second-order valence-electron chi connectivity index (χ2n) is 6.81. The van der Waals surface area contributed by atoms with Crippen LogP contribution in [-0.4, -0.2) is 5.97 Å². The molecule has 0 bridgehead atoms. The Bertz CT molecular complexity index is 974. The molecule has 7 heteroatoms. The molecule has 0 aliphatic rings. The first kappa shape index (κ1) is 23.3. The number of hydrogen-bond acceptors (Lipinski definition) is 5. The monoisotopic (exact) mass is 442 g/mol. The fourth-order valence-corrected chi connectivity index (χ4v) is 3.19. The van der Waals surface area contributed by atoms with Gasteiger partial charge in [-0.15, -0.1) is 0 Å². The average molecular weight is 443 g/mol. The molecule has 0 saturated carbocycles. The molecule has 154 valence electrons. The predicted molar refractivity (Wildman–Crippen MR) is 115 cm³/mol. The Labute approximate surface area is 186 Å². The van der Waals surface area contributed by atoms with Gasteiger partial charge in [0, 0.05) is 5.56 Å². The van der Waals surface area contributed by atoms with Crippen molar-refractivity contribution in [1.82, 2.24) is 0 Å². The number of carbonyl (C=O) groups is 1. The highest BCUT2D eigenvalue weighted by atomic mass is 35.5. The minimum absolute atomic E-state index is 0.109. The Morgan fingerprint density at radius 3 is 2.23 bits per heavy atom. The summed E-state index contributed by atoms with van der Waals surface area (Å²) in [5, 5.41) is 19.0. The van der Waals surface area contributed by atoms with Gasteiger partial charge < -0.3 is 9.47 Å². The standard InChI is InChI=1S/C23H20Cl2N2O3/c1-15(2)22(17(13-26)12-21(24)25)23(28)30-20(14-27)16-7-6-10-19(11-16)29-18-8-4-3-5-9-18/h3-12,15,17,20,22H,1-2H3. The molecule has 0 aliphatic heterocycles. The first-order chi connectivity index (χ1) is 14.3. The van der Waals surface area contributed by atoms with Crippen LogP contribution in [0.25, 0.3) is 0 Å². The van der Waals surface area contributed by atoms with E-state index in [2.05, 4.69) is 0 Å². The molecule has 2 rings (SSSR count). The minimum Gasteiger partial charge on any atom is -0.457 e. The molecular weight excluding hydrogens is 423 g/mol. The SMILES string of the molecule is CC(C)C(C(=O)OC(C#N)c1cccc(Oc2ccccc2)c1)C(C#N)C=C(Cl)Cl. The van der Waals surface area contributed by atoms with Crippen molar-refractivity contribution in [3.8, 4) is 23.6 Å². The summed E-state index contributed by atoms with van der Waals surface area (Å²) in [4.78, 5) is 12.8. The fourth-order valence-electron chi connectivity index (χ4n) is 2.92. The largest absolute Gasteiger partial charge is 0.457 e. The summed E-state index contributed by atoms with van der Waals surface area (Å²) in [5.74, 6) is -1.48. The van der Waals surface area contributed by atoms with Crippen molar-refractivity contribution in [2.75, 3.05) is 0 Å². The molecule has 0 fully saturated rings. The maximum Gasteiger partial charge on any atom is 0.312 e. The van der Waals surface area contributed by atoms with Crippen LogP contribution in [0.5, 0.6) is 11.5 Å². The number of para-hydroxylation sites is 1. The maximum absolute atomic E-state index is 12.8. The summed E-state index contributed by atoms with van der Waals surface area (Å²) in [6, 6.07) is 19.9. The first-order valence-electron chi connectivity index (χ1n) is 9.21. The molecule has 2 aromatic carbocycles. The Balaban J connectivity index is 2.22. The van der Waals surface area contributed by atoms with Gasteiger partial charge in [-0.1, -0.05) is 67.4 Å². The van der Waals surface area contributed by atoms with E-state index < -0.39 is 23.9 Å². The lowest BCUT2D eigenvalue weighted by Gasteiger charge is -2.23. The third-order valence-electron chi connectivity index (χ3n) is 4.32. The van der Waals surface area contributed by atoms with Gasteiger partial charge >= 0.3 is 5.97 Å². The van der Waals surface area contributed by atoms with E-state index in [4.69, 9.17) is 32.7 Å². The normalized spacial score (nSPS) is 13.3. The van der Waals surface area contributed by atoms with E-state index >= 15 is 0 Å². The number of halogens is 2. The molecular formula is C23H20Cl2N2O3. The topological polar surface area (TPSA) is 83.1 Å². The summed E-state index contributed by atoms with van der Waals surface area (Å²) in [6.45, 7) is 3.56. The smallest absolute Gasteiger partial charge is 0.312 e. The highest BCUT2D eigenvalue weighted by Gasteiger charge is 2.33. The molecule has 0 aromatic heterocycles. The lowest BCUT2D eigenvalue weighted by molar-refractivity contribution is -0.154. The molecule has 3 atom stereocenters. The number of ether oxygens (including phenoxy) is 2. The van der Waals surface area contributed by atoms with Crippen molar-refractivity contribution in [3.05, 3.63) is 70.7 Å². The van der Waals surface area contributed by atoms with Crippen molar-refractivity contribution in [2.24, 2.45) is 17.8 Å². The van der Waals surface area contributed by atoms with Crippen molar-refractivity contribution in [2.45, 2.75) is 20.0 Å². The van der Waals surface area contributed by atoms with Crippen LogP contribution in [-0.2, 0) is 9.53 Å². The number of nitrogens with zero attached hydrogens (tertiary/aromatic N) is 2. The Morgan fingerprint density at radius 1 is 1.00 bits per heavy atom. The summed E-state index contributed by atoms with van der Waals surface area (Å²) < 4.78 is 11.1. The van der Waals surface area contributed by atoms with E-state index in [1.54, 1.807) is 50.2 Å². The summed E-state index contributed by atoms with van der Waals surface area (Å²) in [6.07, 6.45) is 0.137. The van der Waals surface area contributed by atoms with Gasteiger partial charge in [-0.2, -0.15) is 10.5 Å². The number of esters is 1. The summed E-state index contributed by atoms with van der Waals surface area (Å²) >= 11 is 11.3. The van der Waals surface area contributed by atoms with Crippen LogP contribution in [0.2, 0.25) is 0 Å². The van der Waals surface area contributed by atoms with E-state index in [0.717, 1.165) is 0 Å². The summed E-state index contributed by atoms with van der Waals surface area (Å²) in [5.41, 5.74) is 0.459. The van der Waals surface area contributed by atoms with Gasteiger partial charge in [-0.3, -0.25) is 4.79 Å². The first-order valence-corrected chi connectivity index (χ1v) is 9.96. The van der Waals surface area contributed by atoms with Gasteiger partial charge in [-0.05, 0) is 36.3 Å². The molecule has 2 aromatic rings. The molecule has 0 radical (unpaired) electrons. The third-order valence-corrected chi connectivity index (χ3v) is 4.57. The average Bonchev–Trinajstić information content (AvgIpc) is 2.71. The maximum atomic E-state index is 12.8. The van der Waals surface area contributed by atoms with Crippen LogP contribution in [0.15, 0.2) is 65.2 Å². The van der Waals surface area contributed by atoms with Crippen LogP contribution in [0.4, 0.5) is 0 Å². The van der Waals surface area contributed by atoms with Crippen LogP contribution in [0, 0.1) is 40.4 Å². The van der Waals surface area contributed by atoms with Crippen molar-refractivity contribution in [3.63, 3.8) is 0 Å². The van der Waals surface area contributed by atoms with E-state index in [9.17, 15) is 15.3 Å². The van der Waals surface area contributed by atoms with Gasteiger partial charge in [0.2, 0.25) is 6.10 Å². The van der Waals surface area contributed by atoms with Crippen LogP contribution in [0.1, 0.15) is 25.5 Å². The molecule has 3 unspecified atom stereocenters. The number of carbonyl (C=O) groups excluding carboxylic acids is 1. The van der Waals surface area contributed by atoms with E-state index in [1.807, 2.05) is 30.3 Å². The molecule has 30 heavy (non-hydrogen) atoms. The fraction of sp³-hybridized carbons (Fsp3) is 0.261. The van der Waals surface area contributed by atoms with E-state index in [0.29, 0.717) is 17.1 Å². The number of benzene rings is 2. The molecule has 5 nitrogen and oxygen atoms in total.